The Morgan fingerprint density at radius 3 is 2.54 bits per heavy atom. The number of amides is 2. The third kappa shape index (κ3) is 4.65. The maximum Gasteiger partial charge on any atom is 0.255 e. The first-order valence-electron chi connectivity index (χ1n) is 8.85. The highest BCUT2D eigenvalue weighted by Gasteiger charge is 2.27. The van der Waals surface area contributed by atoms with Crippen LogP contribution < -0.4 is 5.32 Å². The Bertz CT molecular complexity index is 741. The van der Waals surface area contributed by atoms with Gasteiger partial charge in [0.25, 0.3) is 5.91 Å². The molecule has 1 fully saturated rings. The second-order valence-corrected chi connectivity index (χ2v) is 6.48. The average Bonchev–Trinajstić information content (AvgIpc) is 2.69. The van der Waals surface area contributed by atoms with E-state index in [-0.39, 0.29) is 23.5 Å². The number of hydrogen-bond acceptors (Lipinski definition) is 3. The number of benzene rings is 1. The number of carbonyl (C=O) groups is 2. The van der Waals surface area contributed by atoms with Crippen molar-refractivity contribution in [3.8, 4) is 0 Å². The first-order valence-corrected chi connectivity index (χ1v) is 8.85. The largest absolute Gasteiger partial charge is 0.356 e. The lowest BCUT2D eigenvalue weighted by Gasteiger charge is -2.31. The highest BCUT2D eigenvalue weighted by Crippen LogP contribution is 2.19. The fourth-order valence-electron chi connectivity index (χ4n) is 3.14. The summed E-state index contributed by atoms with van der Waals surface area (Å²) in [7, 11) is 0. The summed E-state index contributed by atoms with van der Waals surface area (Å²) in [6.07, 6.45) is 5.20. The van der Waals surface area contributed by atoms with Gasteiger partial charge in [0, 0.05) is 37.9 Å². The smallest absolute Gasteiger partial charge is 0.255 e. The van der Waals surface area contributed by atoms with Gasteiger partial charge in [0.15, 0.2) is 0 Å². The number of rotatable bonds is 5. The minimum Gasteiger partial charge on any atom is -0.356 e. The first-order chi connectivity index (χ1) is 12.6. The Morgan fingerprint density at radius 1 is 1.15 bits per heavy atom. The maximum absolute atomic E-state index is 12.9. The van der Waals surface area contributed by atoms with Crippen LogP contribution in [-0.4, -0.2) is 41.3 Å². The summed E-state index contributed by atoms with van der Waals surface area (Å²) < 4.78 is 12.9. The molecule has 5 nitrogen and oxygen atoms in total. The van der Waals surface area contributed by atoms with Crippen molar-refractivity contribution >= 4 is 11.8 Å². The second kappa shape index (κ2) is 8.56. The van der Waals surface area contributed by atoms with Crippen LogP contribution in [-0.2, 0) is 11.2 Å². The molecule has 3 rings (SSSR count). The highest BCUT2D eigenvalue weighted by molar-refractivity contribution is 5.94. The van der Waals surface area contributed by atoms with Crippen LogP contribution in [0.2, 0.25) is 0 Å². The molecule has 0 saturated carbocycles. The molecule has 26 heavy (non-hydrogen) atoms. The molecular weight excluding hydrogens is 333 g/mol. The molecule has 0 unspecified atom stereocenters. The molecule has 0 aliphatic carbocycles. The summed E-state index contributed by atoms with van der Waals surface area (Å²) in [4.78, 5) is 30.4. The monoisotopic (exact) mass is 355 g/mol. The van der Waals surface area contributed by atoms with Crippen molar-refractivity contribution in [3.63, 3.8) is 0 Å². The van der Waals surface area contributed by atoms with Crippen LogP contribution in [0.5, 0.6) is 0 Å². The number of pyridine rings is 1. The standard InChI is InChI=1S/C20H22FN3O2/c21-18-5-3-15(4-6-18)7-11-23-19(25)16-8-12-24(13-9-16)20(26)17-2-1-10-22-14-17/h1-6,10,14,16H,7-9,11-13H2,(H,23,25). The number of halogens is 1. The summed E-state index contributed by atoms with van der Waals surface area (Å²) in [6, 6.07) is 9.80. The van der Waals surface area contributed by atoms with Crippen LogP contribution in [0.3, 0.4) is 0 Å². The van der Waals surface area contributed by atoms with Gasteiger partial charge in [-0.25, -0.2) is 4.39 Å². The van der Waals surface area contributed by atoms with Crippen molar-refractivity contribution in [3.05, 3.63) is 65.7 Å². The lowest BCUT2D eigenvalue weighted by atomic mass is 9.95. The van der Waals surface area contributed by atoms with Crippen LogP contribution in [0.4, 0.5) is 4.39 Å². The molecule has 0 bridgehead atoms. The molecule has 0 radical (unpaired) electrons. The minimum absolute atomic E-state index is 0.0283. The fourth-order valence-corrected chi connectivity index (χ4v) is 3.14. The third-order valence-corrected chi connectivity index (χ3v) is 4.69. The van der Waals surface area contributed by atoms with Crippen molar-refractivity contribution < 1.29 is 14.0 Å². The van der Waals surface area contributed by atoms with E-state index in [0.29, 0.717) is 44.5 Å². The van der Waals surface area contributed by atoms with Gasteiger partial charge in [0.05, 0.1) is 5.56 Å². The molecule has 1 aromatic heterocycles. The van der Waals surface area contributed by atoms with Gasteiger partial charge < -0.3 is 10.2 Å². The number of likely N-dealkylation sites (tertiary alicyclic amines) is 1. The molecule has 2 heterocycles. The highest BCUT2D eigenvalue weighted by atomic mass is 19.1. The number of carbonyl (C=O) groups excluding carboxylic acids is 2. The molecule has 1 aromatic carbocycles. The van der Waals surface area contributed by atoms with Crippen molar-refractivity contribution in [1.82, 2.24) is 15.2 Å². The van der Waals surface area contributed by atoms with E-state index >= 15 is 0 Å². The Labute approximate surface area is 152 Å². The van der Waals surface area contributed by atoms with Crippen LogP contribution >= 0.6 is 0 Å². The Balaban J connectivity index is 1.42. The van der Waals surface area contributed by atoms with Crippen LogP contribution in [0.25, 0.3) is 0 Å². The van der Waals surface area contributed by atoms with E-state index in [1.165, 1.54) is 12.1 Å². The predicted octanol–water partition coefficient (Wildman–Crippen LogP) is 2.43. The number of hydrogen-bond donors (Lipinski definition) is 1. The van der Waals surface area contributed by atoms with E-state index in [9.17, 15) is 14.0 Å². The fraction of sp³-hybridized carbons (Fsp3) is 0.350. The van der Waals surface area contributed by atoms with Gasteiger partial charge in [-0.3, -0.25) is 14.6 Å². The first kappa shape index (κ1) is 18.0. The predicted molar refractivity (Wildman–Crippen MR) is 96.0 cm³/mol. The Morgan fingerprint density at radius 2 is 1.88 bits per heavy atom. The van der Waals surface area contributed by atoms with E-state index in [2.05, 4.69) is 10.3 Å². The SMILES string of the molecule is O=C(NCCc1ccc(F)cc1)C1CCN(C(=O)c2cccnc2)CC1. The van der Waals surface area contributed by atoms with Gasteiger partial charge in [0.2, 0.25) is 5.91 Å². The Hall–Kier alpha value is -2.76. The quantitative estimate of drug-likeness (QED) is 0.896. The van der Waals surface area contributed by atoms with Gasteiger partial charge in [0.1, 0.15) is 5.82 Å². The summed E-state index contributed by atoms with van der Waals surface area (Å²) >= 11 is 0. The molecule has 1 N–H and O–H groups in total. The lowest BCUT2D eigenvalue weighted by Crippen LogP contribution is -2.43. The van der Waals surface area contributed by atoms with E-state index < -0.39 is 0 Å². The number of piperidine rings is 1. The zero-order valence-corrected chi connectivity index (χ0v) is 14.5. The topological polar surface area (TPSA) is 62.3 Å². The number of nitrogens with one attached hydrogen (secondary N) is 1. The third-order valence-electron chi connectivity index (χ3n) is 4.69. The summed E-state index contributed by atoms with van der Waals surface area (Å²) in [5, 5.41) is 2.95. The normalized spacial score (nSPS) is 14.9. The van der Waals surface area contributed by atoms with Gasteiger partial charge in [-0.15, -0.1) is 0 Å². The molecule has 1 saturated heterocycles. The lowest BCUT2D eigenvalue weighted by molar-refractivity contribution is -0.126. The van der Waals surface area contributed by atoms with E-state index in [0.717, 1.165) is 5.56 Å². The average molecular weight is 355 g/mol. The van der Waals surface area contributed by atoms with Crippen LogP contribution in [0, 0.1) is 11.7 Å². The van der Waals surface area contributed by atoms with E-state index in [1.807, 2.05) is 0 Å². The van der Waals surface area contributed by atoms with Crippen molar-refractivity contribution in [2.75, 3.05) is 19.6 Å². The van der Waals surface area contributed by atoms with Crippen LogP contribution in [0.1, 0.15) is 28.8 Å². The second-order valence-electron chi connectivity index (χ2n) is 6.48. The van der Waals surface area contributed by atoms with Gasteiger partial charge in [-0.2, -0.15) is 0 Å². The molecule has 1 aliphatic rings. The van der Waals surface area contributed by atoms with Gasteiger partial charge in [-0.05, 0) is 49.1 Å². The molecule has 6 heteroatoms. The number of aromatic nitrogens is 1. The zero-order chi connectivity index (χ0) is 18.4. The molecular formula is C20H22FN3O2. The number of nitrogens with zero attached hydrogens (tertiary/aromatic N) is 2. The maximum atomic E-state index is 12.9. The molecule has 136 valence electrons. The van der Waals surface area contributed by atoms with Gasteiger partial charge in [-0.1, -0.05) is 12.1 Å². The van der Waals surface area contributed by atoms with Crippen molar-refractivity contribution in [2.24, 2.45) is 5.92 Å². The molecule has 0 spiro atoms. The van der Waals surface area contributed by atoms with Crippen molar-refractivity contribution in [2.45, 2.75) is 19.3 Å². The summed E-state index contributed by atoms with van der Waals surface area (Å²) in [6.45, 7) is 1.67. The summed E-state index contributed by atoms with van der Waals surface area (Å²) in [5.41, 5.74) is 1.57. The van der Waals surface area contributed by atoms with Crippen molar-refractivity contribution in [1.29, 1.82) is 0 Å². The van der Waals surface area contributed by atoms with Crippen LogP contribution in [0.15, 0.2) is 48.8 Å². The molecule has 1 aliphatic heterocycles. The van der Waals surface area contributed by atoms with E-state index in [1.54, 1.807) is 41.6 Å². The summed E-state index contributed by atoms with van der Waals surface area (Å²) in [5.74, 6) is -0.333. The molecule has 2 amide bonds. The van der Waals surface area contributed by atoms with E-state index in [4.69, 9.17) is 0 Å². The Kier molecular flexibility index (Phi) is 5.94. The minimum atomic E-state index is -0.259. The van der Waals surface area contributed by atoms with Gasteiger partial charge >= 0.3 is 0 Å². The molecule has 0 atom stereocenters. The zero-order valence-electron chi connectivity index (χ0n) is 14.5. The molecule has 2 aromatic rings.